The summed E-state index contributed by atoms with van der Waals surface area (Å²) in [6, 6.07) is 8.46. The van der Waals surface area contributed by atoms with Crippen molar-refractivity contribution in [1.82, 2.24) is 14.7 Å². The van der Waals surface area contributed by atoms with Gasteiger partial charge in [0.15, 0.2) is 0 Å². The number of amides is 1. The maximum atomic E-state index is 13.9. The van der Waals surface area contributed by atoms with Gasteiger partial charge in [0.05, 0.1) is 22.8 Å². The molecule has 2 heterocycles. The van der Waals surface area contributed by atoms with Gasteiger partial charge in [0, 0.05) is 62.4 Å². The molecule has 0 aliphatic carbocycles. The Bertz CT molecular complexity index is 1340. The highest BCUT2D eigenvalue weighted by Crippen LogP contribution is 2.40. The Morgan fingerprint density at radius 3 is 2.22 bits per heavy atom. The van der Waals surface area contributed by atoms with Gasteiger partial charge in [-0.05, 0) is 74.3 Å². The van der Waals surface area contributed by atoms with Crippen LogP contribution in [0, 0.1) is 0 Å². The summed E-state index contributed by atoms with van der Waals surface area (Å²) in [5.41, 5.74) is -0.0640. The molecule has 3 atom stereocenters. The lowest BCUT2D eigenvalue weighted by Crippen LogP contribution is -2.57. The first kappa shape index (κ1) is 36.0. The molecule has 0 N–H and O–H groups in total. The minimum absolute atomic E-state index is 0.0261. The number of benzene rings is 2. The molecule has 0 bridgehead atoms. The van der Waals surface area contributed by atoms with Gasteiger partial charge < -0.3 is 14.1 Å². The van der Waals surface area contributed by atoms with Crippen molar-refractivity contribution in [2.45, 2.75) is 83.6 Å². The van der Waals surface area contributed by atoms with E-state index in [4.69, 9.17) is 32.4 Å². The van der Waals surface area contributed by atoms with Crippen LogP contribution in [0.2, 0.25) is 28.2 Å². The second-order valence-corrected chi connectivity index (χ2v) is 19.6. The van der Waals surface area contributed by atoms with Gasteiger partial charge in [-0.1, -0.05) is 50.0 Å². The lowest BCUT2D eigenvalue weighted by Gasteiger charge is -2.43. The third kappa shape index (κ3) is 9.38. The quantitative estimate of drug-likeness (QED) is 0.264. The number of rotatable bonds is 8. The average molecular weight is 689 g/mol. The third-order valence-electron chi connectivity index (χ3n) is 9.17. The van der Waals surface area contributed by atoms with Crippen LogP contribution in [0.3, 0.4) is 0 Å². The van der Waals surface area contributed by atoms with Crippen molar-refractivity contribution in [2.24, 2.45) is 0 Å². The van der Waals surface area contributed by atoms with Crippen molar-refractivity contribution >= 4 is 37.4 Å². The van der Waals surface area contributed by atoms with Gasteiger partial charge in [-0.15, -0.1) is 0 Å². The molecule has 45 heavy (non-hydrogen) atoms. The van der Waals surface area contributed by atoms with Gasteiger partial charge in [0.2, 0.25) is 0 Å². The Morgan fingerprint density at radius 1 is 0.956 bits per heavy atom. The van der Waals surface area contributed by atoms with Crippen LogP contribution < -0.4 is 4.43 Å². The lowest BCUT2D eigenvalue weighted by atomic mass is 10.00. The summed E-state index contributed by atoms with van der Waals surface area (Å²) < 4.78 is 53.2. The molecule has 0 aromatic heterocycles. The number of morpholine rings is 1. The molecule has 0 saturated carbocycles. The Balaban J connectivity index is 1.59. The number of piperazine rings is 1. The number of hydrogen-bond acceptors (Lipinski definition) is 5. The summed E-state index contributed by atoms with van der Waals surface area (Å²) in [7, 11) is -2.18. The molecule has 250 valence electrons. The highest BCUT2D eigenvalue weighted by atomic mass is 35.5. The summed E-state index contributed by atoms with van der Waals surface area (Å²) in [6.45, 7) is 20.0. The van der Waals surface area contributed by atoms with Gasteiger partial charge in [-0.25, -0.2) is 0 Å². The largest absolute Gasteiger partial charge is 0.543 e. The van der Waals surface area contributed by atoms with Crippen molar-refractivity contribution < 1.29 is 27.1 Å². The fourth-order valence-corrected chi connectivity index (χ4v) is 7.29. The molecule has 2 aliphatic heterocycles. The molecule has 2 aromatic rings. The van der Waals surface area contributed by atoms with Crippen molar-refractivity contribution in [3.8, 4) is 5.75 Å². The molecule has 12 heteroatoms. The predicted octanol–water partition coefficient (Wildman–Crippen LogP) is 7.87. The Hall–Kier alpha value is -1.82. The van der Waals surface area contributed by atoms with Crippen LogP contribution in [-0.2, 0) is 17.3 Å². The minimum atomic E-state index is -4.61. The number of alkyl halides is 3. The molecule has 2 aliphatic rings. The van der Waals surface area contributed by atoms with Crippen molar-refractivity contribution in [2.75, 3.05) is 45.8 Å². The van der Waals surface area contributed by atoms with Gasteiger partial charge in [-0.2, -0.15) is 13.2 Å². The molecule has 0 unspecified atom stereocenters. The Morgan fingerprint density at radius 2 is 1.60 bits per heavy atom. The van der Waals surface area contributed by atoms with Crippen molar-refractivity contribution in [1.29, 1.82) is 0 Å². The highest BCUT2D eigenvalue weighted by molar-refractivity contribution is 6.74. The Kier molecular flexibility index (Phi) is 11.3. The van der Waals surface area contributed by atoms with E-state index in [1.165, 1.54) is 6.07 Å². The molecule has 2 saturated heterocycles. The van der Waals surface area contributed by atoms with E-state index in [1.54, 1.807) is 4.90 Å². The highest BCUT2D eigenvalue weighted by Gasteiger charge is 2.40. The van der Waals surface area contributed by atoms with E-state index in [0.717, 1.165) is 43.9 Å². The molecule has 0 radical (unpaired) electrons. The maximum Gasteiger partial charge on any atom is 0.416 e. The van der Waals surface area contributed by atoms with E-state index in [2.05, 4.69) is 57.5 Å². The fraction of sp³-hybridized carbons (Fsp3) is 0.606. The van der Waals surface area contributed by atoms with Gasteiger partial charge in [0.1, 0.15) is 5.75 Å². The minimum Gasteiger partial charge on any atom is -0.543 e. The van der Waals surface area contributed by atoms with Crippen LogP contribution in [0.4, 0.5) is 13.2 Å². The van der Waals surface area contributed by atoms with Crippen LogP contribution in [-0.4, -0.2) is 93.0 Å². The molecule has 6 nitrogen and oxygen atoms in total. The second-order valence-electron chi connectivity index (χ2n) is 14.0. The number of nitrogens with zero attached hydrogens (tertiary/aromatic N) is 3. The third-order valence-corrected chi connectivity index (χ3v) is 14.0. The summed E-state index contributed by atoms with van der Waals surface area (Å²) in [5.74, 6) is 0.154. The number of carbonyl (C=O) groups excluding carboxylic acids is 1. The Labute approximate surface area is 276 Å². The summed E-state index contributed by atoms with van der Waals surface area (Å²) >= 11 is 12.7. The topological polar surface area (TPSA) is 45.2 Å². The first-order chi connectivity index (χ1) is 20.8. The zero-order chi connectivity index (χ0) is 33.3. The van der Waals surface area contributed by atoms with Crippen LogP contribution in [0.5, 0.6) is 5.75 Å². The average Bonchev–Trinajstić information content (AvgIpc) is 2.91. The molecular formula is C33H46Cl2F3N3O3Si. The molecular weight excluding hydrogens is 642 g/mol. The first-order valence-electron chi connectivity index (χ1n) is 15.6. The standard InChI is InChI=1S/C33H46Cl2F3N3O3Si/c1-22-19-40(20-23(2)43-22)11-10-39-12-13-41(31(42)25-16-26(33(36,37)38)18-27(34)17-25)28(21-39)14-24-8-9-29(35)30(15-24)44-45(6,7)32(3,4)5/h8-9,15-18,22-23,28H,10-14,19-21H2,1-7H3/t22-,23+,28-/m1/s1. The van der Waals surface area contributed by atoms with E-state index < -0.39 is 26.0 Å². The van der Waals surface area contributed by atoms with E-state index in [-0.39, 0.29) is 33.9 Å². The van der Waals surface area contributed by atoms with Gasteiger partial charge in [0.25, 0.3) is 14.2 Å². The SMILES string of the molecule is C[C@@H]1CN(CCN2CCN(C(=O)c3cc(Cl)cc(C(F)(F)F)c3)[C@H](Cc3ccc(Cl)c(O[Si](C)(C)C(C)(C)C)c3)C2)C[C@H](C)O1. The number of hydrogen-bond donors (Lipinski definition) is 0. The van der Waals surface area contributed by atoms with E-state index in [1.807, 2.05) is 18.2 Å². The number of carbonyl (C=O) groups is 1. The van der Waals surface area contributed by atoms with Crippen LogP contribution in [0.25, 0.3) is 0 Å². The summed E-state index contributed by atoms with van der Waals surface area (Å²) in [5, 5.41) is 0.374. The van der Waals surface area contributed by atoms with E-state index >= 15 is 0 Å². The van der Waals surface area contributed by atoms with Crippen LogP contribution in [0.1, 0.15) is 56.1 Å². The molecule has 0 spiro atoms. The van der Waals surface area contributed by atoms with Crippen LogP contribution in [0.15, 0.2) is 36.4 Å². The fourth-order valence-electron chi connectivity index (χ4n) is 5.81. The van der Waals surface area contributed by atoms with Crippen molar-refractivity contribution in [3.63, 3.8) is 0 Å². The normalized spacial score (nSPS) is 22.5. The second kappa shape index (κ2) is 14.1. The van der Waals surface area contributed by atoms with E-state index in [0.29, 0.717) is 36.8 Å². The predicted molar refractivity (Wildman–Crippen MR) is 177 cm³/mol. The molecule has 2 fully saturated rings. The first-order valence-corrected chi connectivity index (χ1v) is 19.2. The molecule has 1 amide bonds. The smallest absolute Gasteiger partial charge is 0.416 e. The number of ether oxygens (including phenoxy) is 1. The monoisotopic (exact) mass is 687 g/mol. The maximum absolute atomic E-state index is 13.9. The zero-order valence-corrected chi connectivity index (χ0v) is 29.8. The summed E-state index contributed by atoms with van der Waals surface area (Å²) in [6.07, 6.45) is -3.78. The van der Waals surface area contributed by atoms with Gasteiger partial charge >= 0.3 is 6.18 Å². The van der Waals surface area contributed by atoms with Gasteiger partial charge in [-0.3, -0.25) is 14.6 Å². The molecule has 2 aromatic carbocycles. The van der Waals surface area contributed by atoms with E-state index in [9.17, 15) is 18.0 Å². The van der Waals surface area contributed by atoms with Crippen molar-refractivity contribution in [3.05, 3.63) is 63.1 Å². The molecule has 4 rings (SSSR count). The summed E-state index contributed by atoms with van der Waals surface area (Å²) in [4.78, 5) is 20.3. The number of halogens is 5. The van der Waals surface area contributed by atoms with Crippen LogP contribution >= 0.6 is 23.2 Å². The zero-order valence-electron chi connectivity index (χ0n) is 27.3. The lowest BCUT2D eigenvalue weighted by molar-refractivity contribution is -0.137.